The third-order valence-electron chi connectivity index (χ3n) is 2.56. The Labute approximate surface area is 134 Å². The minimum absolute atomic E-state index is 0.0736. The normalized spacial score (nSPS) is 11.1. The quantitative estimate of drug-likeness (QED) is 0.494. The van der Waals surface area contributed by atoms with Crippen LogP contribution in [-0.4, -0.2) is 9.97 Å². The van der Waals surface area contributed by atoms with Crippen LogP contribution in [0.5, 0.6) is 0 Å². The smallest absolute Gasteiger partial charge is 0.161 e. The minimum atomic E-state index is -0.497. The van der Waals surface area contributed by atoms with Gasteiger partial charge in [0.1, 0.15) is 11.0 Å². The molecule has 0 atom stereocenters. The van der Waals surface area contributed by atoms with Gasteiger partial charge in [-0.05, 0) is 46.7 Å². The molecular weight excluding hydrogens is 401 g/mol. The first-order valence-corrected chi connectivity index (χ1v) is 7.42. The lowest BCUT2D eigenvalue weighted by Crippen LogP contribution is -2.02. The SMILES string of the molecule is CC(C)c1nc(-c2ccc(Cl)c(F)c2)nc(Cl)c1I. The summed E-state index contributed by atoms with van der Waals surface area (Å²) in [7, 11) is 0. The first-order chi connectivity index (χ1) is 8.90. The summed E-state index contributed by atoms with van der Waals surface area (Å²) in [5, 5.41) is 0.453. The summed E-state index contributed by atoms with van der Waals surface area (Å²) < 4.78 is 14.3. The zero-order valence-electron chi connectivity index (χ0n) is 10.2. The molecule has 0 radical (unpaired) electrons. The molecule has 0 saturated carbocycles. The van der Waals surface area contributed by atoms with Crippen LogP contribution in [0.15, 0.2) is 18.2 Å². The van der Waals surface area contributed by atoms with Crippen molar-refractivity contribution >= 4 is 45.8 Å². The third-order valence-corrected chi connectivity index (χ3v) is 4.52. The second-order valence-corrected chi connectivity index (χ2v) is 6.16. The molecule has 2 aromatic rings. The number of hydrogen-bond acceptors (Lipinski definition) is 2. The van der Waals surface area contributed by atoms with Crippen LogP contribution in [0.3, 0.4) is 0 Å². The van der Waals surface area contributed by atoms with Crippen LogP contribution >= 0.6 is 45.8 Å². The average Bonchev–Trinajstić information content (AvgIpc) is 2.35. The van der Waals surface area contributed by atoms with Crippen molar-refractivity contribution in [3.8, 4) is 11.4 Å². The Bertz CT molecular complexity index is 632. The van der Waals surface area contributed by atoms with Crippen molar-refractivity contribution in [3.63, 3.8) is 0 Å². The Morgan fingerprint density at radius 3 is 2.47 bits per heavy atom. The Balaban J connectivity index is 2.59. The highest BCUT2D eigenvalue weighted by molar-refractivity contribution is 14.1. The topological polar surface area (TPSA) is 25.8 Å². The molecule has 100 valence electrons. The molecule has 1 aromatic heterocycles. The Morgan fingerprint density at radius 1 is 1.21 bits per heavy atom. The minimum Gasteiger partial charge on any atom is -0.232 e. The molecule has 0 fully saturated rings. The summed E-state index contributed by atoms with van der Waals surface area (Å²) in [4.78, 5) is 8.65. The number of rotatable bonds is 2. The highest BCUT2D eigenvalue weighted by Gasteiger charge is 2.15. The first kappa shape index (κ1) is 14.9. The Hall–Kier alpha value is -0.460. The van der Waals surface area contributed by atoms with E-state index in [4.69, 9.17) is 23.2 Å². The summed E-state index contributed by atoms with van der Waals surface area (Å²) in [6.45, 7) is 4.04. The number of benzene rings is 1. The van der Waals surface area contributed by atoms with Gasteiger partial charge in [0.2, 0.25) is 0 Å². The summed E-state index contributed by atoms with van der Waals surface area (Å²) in [6, 6.07) is 4.47. The lowest BCUT2D eigenvalue weighted by Gasteiger charge is -2.11. The molecule has 0 spiro atoms. The highest BCUT2D eigenvalue weighted by Crippen LogP contribution is 2.29. The van der Waals surface area contributed by atoms with E-state index in [0.29, 0.717) is 16.5 Å². The second kappa shape index (κ2) is 5.89. The maximum atomic E-state index is 13.5. The zero-order chi connectivity index (χ0) is 14.2. The maximum absolute atomic E-state index is 13.5. The van der Waals surface area contributed by atoms with Crippen LogP contribution in [0, 0.1) is 9.39 Å². The predicted molar refractivity (Wildman–Crippen MR) is 84.3 cm³/mol. The van der Waals surface area contributed by atoms with Gasteiger partial charge in [0.25, 0.3) is 0 Å². The van der Waals surface area contributed by atoms with E-state index in [1.54, 1.807) is 6.07 Å². The van der Waals surface area contributed by atoms with Crippen molar-refractivity contribution in [2.75, 3.05) is 0 Å². The van der Waals surface area contributed by atoms with Crippen molar-refractivity contribution in [1.82, 2.24) is 9.97 Å². The number of nitrogens with zero attached hydrogens (tertiary/aromatic N) is 2. The van der Waals surface area contributed by atoms with Gasteiger partial charge in [0.05, 0.1) is 14.3 Å². The van der Waals surface area contributed by atoms with Gasteiger partial charge in [0.15, 0.2) is 5.82 Å². The van der Waals surface area contributed by atoms with E-state index < -0.39 is 5.82 Å². The van der Waals surface area contributed by atoms with Crippen molar-refractivity contribution < 1.29 is 4.39 Å². The van der Waals surface area contributed by atoms with Crippen molar-refractivity contribution in [2.45, 2.75) is 19.8 Å². The Kier molecular flexibility index (Phi) is 4.63. The van der Waals surface area contributed by atoms with E-state index in [0.717, 1.165) is 9.26 Å². The lowest BCUT2D eigenvalue weighted by molar-refractivity contribution is 0.628. The second-order valence-electron chi connectivity index (χ2n) is 4.32. The van der Waals surface area contributed by atoms with E-state index in [2.05, 4.69) is 32.6 Å². The fourth-order valence-corrected chi connectivity index (χ4v) is 2.74. The average molecular weight is 411 g/mol. The van der Waals surface area contributed by atoms with Crippen LogP contribution < -0.4 is 0 Å². The molecular formula is C13H10Cl2FIN2. The van der Waals surface area contributed by atoms with Gasteiger partial charge in [-0.15, -0.1) is 0 Å². The van der Waals surface area contributed by atoms with Crippen molar-refractivity contribution in [1.29, 1.82) is 0 Å². The van der Waals surface area contributed by atoms with Crippen LogP contribution in [-0.2, 0) is 0 Å². The third kappa shape index (κ3) is 3.17. The maximum Gasteiger partial charge on any atom is 0.161 e. The summed E-state index contributed by atoms with van der Waals surface area (Å²) in [6.07, 6.45) is 0. The molecule has 0 aliphatic carbocycles. The van der Waals surface area contributed by atoms with E-state index >= 15 is 0 Å². The van der Waals surface area contributed by atoms with E-state index in [-0.39, 0.29) is 10.9 Å². The molecule has 0 aliphatic rings. The molecule has 6 heteroatoms. The van der Waals surface area contributed by atoms with Gasteiger partial charge in [-0.1, -0.05) is 37.0 Å². The van der Waals surface area contributed by atoms with Crippen LogP contribution in [0.2, 0.25) is 10.2 Å². The molecule has 0 saturated heterocycles. The summed E-state index contributed by atoms with van der Waals surface area (Å²) in [5.74, 6) is 0.122. The fourth-order valence-electron chi connectivity index (χ4n) is 1.58. The monoisotopic (exact) mass is 410 g/mol. The molecule has 0 bridgehead atoms. The largest absolute Gasteiger partial charge is 0.232 e. The van der Waals surface area contributed by atoms with Crippen LogP contribution in [0.1, 0.15) is 25.5 Å². The van der Waals surface area contributed by atoms with Gasteiger partial charge >= 0.3 is 0 Å². The molecule has 1 heterocycles. The summed E-state index contributed by atoms with van der Waals surface area (Å²) in [5.41, 5.74) is 1.41. The number of aromatic nitrogens is 2. The standard InChI is InChI=1S/C13H10Cl2FIN2/c1-6(2)11-10(17)12(15)19-13(18-11)7-3-4-8(14)9(16)5-7/h3-6H,1-2H3. The highest BCUT2D eigenvalue weighted by atomic mass is 127. The van der Waals surface area contributed by atoms with Gasteiger partial charge in [-0.2, -0.15) is 0 Å². The molecule has 1 aromatic carbocycles. The van der Waals surface area contributed by atoms with E-state index in [9.17, 15) is 4.39 Å². The zero-order valence-corrected chi connectivity index (χ0v) is 13.9. The van der Waals surface area contributed by atoms with Crippen molar-refractivity contribution in [2.24, 2.45) is 0 Å². The van der Waals surface area contributed by atoms with Gasteiger partial charge in [0, 0.05) is 5.56 Å². The molecule has 0 aliphatic heterocycles. The first-order valence-electron chi connectivity index (χ1n) is 5.58. The van der Waals surface area contributed by atoms with E-state index in [1.807, 2.05) is 13.8 Å². The molecule has 19 heavy (non-hydrogen) atoms. The number of hydrogen-bond donors (Lipinski definition) is 0. The van der Waals surface area contributed by atoms with E-state index in [1.165, 1.54) is 12.1 Å². The van der Waals surface area contributed by atoms with Gasteiger partial charge in [-0.3, -0.25) is 0 Å². The molecule has 0 N–H and O–H groups in total. The fraction of sp³-hybridized carbons (Fsp3) is 0.231. The molecule has 0 unspecified atom stereocenters. The summed E-state index contributed by atoms with van der Waals surface area (Å²) >= 11 is 13.9. The molecule has 0 amide bonds. The molecule has 2 nitrogen and oxygen atoms in total. The van der Waals surface area contributed by atoms with Gasteiger partial charge in [-0.25, -0.2) is 14.4 Å². The number of halogens is 4. The Morgan fingerprint density at radius 2 is 1.89 bits per heavy atom. The van der Waals surface area contributed by atoms with Crippen molar-refractivity contribution in [3.05, 3.63) is 43.5 Å². The predicted octanol–water partition coefficient (Wildman–Crippen LogP) is 5.32. The lowest BCUT2D eigenvalue weighted by atomic mass is 10.1. The van der Waals surface area contributed by atoms with Gasteiger partial charge < -0.3 is 0 Å². The van der Waals surface area contributed by atoms with Crippen LogP contribution in [0.25, 0.3) is 11.4 Å². The molecule has 2 rings (SSSR count). The van der Waals surface area contributed by atoms with Crippen LogP contribution in [0.4, 0.5) is 4.39 Å².